The molecule has 1 aromatic carbocycles. The molecule has 4 aromatic heterocycles. The van der Waals surface area contributed by atoms with E-state index in [0.717, 1.165) is 33.6 Å². The van der Waals surface area contributed by atoms with E-state index in [2.05, 4.69) is 51.4 Å². The van der Waals surface area contributed by atoms with Crippen molar-refractivity contribution in [3.05, 3.63) is 87.5 Å². The van der Waals surface area contributed by atoms with Gasteiger partial charge in [-0.3, -0.25) is 18.7 Å². The number of thioether (sulfide) groups is 1. The summed E-state index contributed by atoms with van der Waals surface area (Å²) >= 11 is 2.98. The van der Waals surface area contributed by atoms with E-state index in [1.54, 1.807) is 22.9 Å². The van der Waals surface area contributed by atoms with Crippen LogP contribution in [-0.4, -0.2) is 29.1 Å². The van der Waals surface area contributed by atoms with Crippen LogP contribution in [0.15, 0.2) is 70.2 Å². The Labute approximate surface area is 186 Å². The molecule has 0 aliphatic carbocycles. The van der Waals surface area contributed by atoms with Crippen LogP contribution in [0.2, 0.25) is 0 Å². The van der Waals surface area contributed by atoms with Gasteiger partial charge >= 0.3 is 0 Å². The topological polar surface area (TPSA) is 78.0 Å². The normalized spacial score (nSPS) is 11.3. The van der Waals surface area contributed by atoms with Crippen LogP contribution in [0.4, 0.5) is 0 Å². The largest absolute Gasteiger partial charge is 0.270 e. The van der Waals surface area contributed by atoms with E-state index in [-0.39, 0.29) is 5.56 Å². The minimum absolute atomic E-state index is 0.0585. The number of hydrogen-bond acceptors (Lipinski definition) is 7. The Morgan fingerprint density at radius 3 is 2.58 bits per heavy atom. The molecule has 0 amide bonds. The molecule has 0 N–H and O–H groups in total. The molecule has 0 radical (unpaired) electrons. The second kappa shape index (κ2) is 8.09. The van der Waals surface area contributed by atoms with Gasteiger partial charge in [0.25, 0.3) is 5.56 Å². The molecule has 5 rings (SSSR count). The fraction of sp³-hybridized carbons (Fsp3) is 0.136. The molecule has 5 aromatic rings. The van der Waals surface area contributed by atoms with Gasteiger partial charge in [0, 0.05) is 46.5 Å². The molecule has 0 bridgehead atoms. The number of benzene rings is 1. The van der Waals surface area contributed by atoms with Crippen LogP contribution in [-0.2, 0) is 5.75 Å². The minimum atomic E-state index is -0.0585. The van der Waals surface area contributed by atoms with Gasteiger partial charge in [-0.15, -0.1) is 21.5 Å². The Morgan fingerprint density at radius 2 is 1.81 bits per heavy atom. The molecule has 7 nitrogen and oxygen atoms in total. The van der Waals surface area contributed by atoms with E-state index in [9.17, 15) is 4.79 Å². The first kappa shape index (κ1) is 19.7. The summed E-state index contributed by atoms with van der Waals surface area (Å²) in [6.45, 7) is 3.97. The van der Waals surface area contributed by atoms with Crippen molar-refractivity contribution in [2.24, 2.45) is 0 Å². The number of hydrogen-bond donors (Lipinski definition) is 0. The zero-order chi connectivity index (χ0) is 21.4. The van der Waals surface area contributed by atoms with Crippen LogP contribution in [0, 0.1) is 13.8 Å². The molecule has 0 saturated heterocycles. The van der Waals surface area contributed by atoms with Crippen molar-refractivity contribution < 1.29 is 0 Å². The molecular weight excluding hydrogens is 428 g/mol. The second-order valence-electron chi connectivity index (χ2n) is 7.08. The summed E-state index contributed by atoms with van der Waals surface area (Å²) in [5, 5.41) is 11.6. The standard InChI is InChI=1S/C22H18N6OS2/c1-14-3-5-18(6-4-14)28-20(16-7-9-23-10-8-16)25-26-22(28)31-13-17-11-19(29)27-15(2)12-30-21(27)24-17/h3-12H,13H2,1-2H3. The van der Waals surface area contributed by atoms with Crippen molar-refractivity contribution in [3.63, 3.8) is 0 Å². The van der Waals surface area contributed by atoms with Gasteiger partial charge in [0.1, 0.15) is 0 Å². The molecule has 0 aliphatic heterocycles. The Balaban J connectivity index is 1.53. The van der Waals surface area contributed by atoms with Gasteiger partial charge in [0.15, 0.2) is 15.9 Å². The quantitative estimate of drug-likeness (QED) is 0.375. The Kier molecular flexibility index (Phi) is 5.13. The molecule has 0 spiro atoms. The highest BCUT2D eigenvalue weighted by Gasteiger charge is 2.17. The van der Waals surface area contributed by atoms with Gasteiger partial charge < -0.3 is 0 Å². The highest BCUT2D eigenvalue weighted by atomic mass is 32.2. The summed E-state index contributed by atoms with van der Waals surface area (Å²) in [5.74, 6) is 1.26. The number of pyridine rings is 1. The monoisotopic (exact) mass is 446 g/mol. The lowest BCUT2D eigenvalue weighted by atomic mass is 10.2. The first-order valence-corrected chi connectivity index (χ1v) is 11.5. The van der Waals surface area contributed by atoms with E-state index in [1.807, 2.05) is 29.0 Å². The number of nitrogens with zero attached hydrogens (tertiary/aromatic N) is 6. The van der Waals surface area contributed by atoms with Crippen molar-refractivity contribution in [1.29, 1.82) is 0 Å². The summed E-state index contributed by atoms with van der Waals surface area (Å²) < 4.78 is 3.66. The molecule has 0 fully saturated rings. The van der Waals surface area contributed by atoms with Gasteiger partial charge in [-0.1, -0.05) is 29.5 Å². The zero-order valence-electron chi connectivity index (χ0n) is 16.9. The molecule has 0 aliphatic rings. The SMILES string of the molecule is Cc1ccc(-n2c(SCc3cc(=O)n4c(C)csc4n3)nnc2-c2ccncc2)cc1. The first-order valence-electron chi connectivity index (χ1n) is 9.62. The van der Waals surface area contributed by atoms with Crippen molar-refractivity contribution in [1.82, 2.24) is 29.1 Å². The van der Waals surface area contributed by atoms with Crippen LogP contribution >= 0.6 is 23.1 Å². The van der Waals surface area contributed by atoms with Gasteiger partial charge in [-0.2, -0.15) is 0 Å². The number of rotatable bonds is 5. The smallest absolute Gasteiger partial charge is 0.258 e. The molecule has 9 heteroatoms. The lowest BCUT2D eigenvalue weighted by Crippen LogP contribution is -2.14. The zero-order valence-corrected chi connectivity index (χ0v) is 18.5. The summed E-state index contributed by atoms with van der Waals surface area (Å²) in [4.78, 5) is 21.9. The van der Waals surface area contributed by atoms with Gasteiger partial charge in [0.2, 0.25) is 0 Å². The van der Waals surface area contributed by atoms with E-state index >= 15 is 0 Å². The average Bonchev–Trinajstić information content (AvgIpc) is 3.37. The van der Waals surface area contributed by atoms with Crippen molar-refractivity contribution in [2.45, 2.75) is 24.8 Å². The maximum absolute atomic E-state index is 12.5. The second-order valence-corrected chi connectivity index (χ2v) is 8.86. The lowest BCUT2D eigenvalue weighted by Gasteiger charge is -2.10. The summed E-state index contributed by atoms with van der Waals surface area (Å²) in [7, 11) is 0. The first-order chi connectivity index (χ1) is 15.1. The number of fused-ring (bicyclic) bond motifs is 1. The highest BCUT2D eigenvalue weighted by molar-refractivity contribution is 7.98. The van der Waals surface area contributed by atoms with E-state index in [4.69, 9.17) is 0 Å². The molecule has 31 heavy (non-hydrogen) atoms. The van der Waals surface area contributed by atoms with Gasteiger partial charge in [0.05, 0.1) is 5.69 Å². The predicted molar refractivity (Wildman–Crippen MR) is 123 cm³/mol. The molecule has 154 valence electrons. The highest BCUT2D eigenvalue weighted by Crippen LogP contribution is 2.29. The van der Waals surface area contributed by atoms with Crippen LogP contribution in [0.25, 0.3) is 22.0 Å². The van der Waals surface area contributed by atoms with Crippen molar-refractivity contribution in [2.75, 3.05) is 0 Å². The molecule has 0 unspecified atom stereocenters. The molecule has 0 saturated carbocycles. The Morgan fingerprint density at radius 1 is 1.03 bits per heavy atom. The van der Waals surface area contributed by atoms with Crippen molar-refractivity contribution in [3.8, 4) is 17.1 Å². The maximum atomic E-state index is 12.5. The summed E-state index contributed by atoms with van der Waals surface area (Å²) in [5.41, 5.74) is 4.65. The van der Waals surface area contributed by atoms with E-state index in [0.29, 0.717) is 10.7 Å². The predicted octanol–water partition coefficient (Wildman–Crippen LogP) is 4.31. The number of thiazole rings is 1. The van der Waals surface area contributed by atoms with Crippen LogP contribution in [0.5, 0.6) is 0 Å². The van der Waals surface area contributed by atoms with Crippen LogP contribution < -0.4 is 5.56 Å². The maximum Gasteiger partial charge on any atom is 0.258 e. The number of aryl methyl sites for hydroxylation is 2. The third kappa shape index (κ3) is 3.77. The third-order valence-electron chi connectivity index (χ3n) is 4.84. The summed E-state index contributed by atoms with van der Waals surface area (Å²) in [6, 6.07) is 13.7. The number of aromatic nitrogens is 6. The third-order valence-corrected chi connectivity index (χ3v) is 6.75. The Bertz CT molecular complexity index is 1420. The van der Waals surface area contributed by atoms with E-state index < -0.39 is 0 Å². The van der Waals surface area contributed by atoms with Crippen LogP contribution in [0.3, 0.4) is 0 Å². The lowest BCUT2D eigenvalue weighted by molar-refractivity contribution is 0.884. The Hall–Kier alpha value is -3.30. The summed E-state index contributed by atoms with van der Waals surface area (Å²) in [6.07, 6.45) is 3.48. The van der Waals surface area contributed by atoms with Gasteiger partial charge in [-0.25, -0.2) is 4.98 Å². The molecule has 4 heterocycles. The fourth-order valence-corrected chi connectivity index (χ4v) is 5.03. The van der Waals surface area contributed by atoms with Crippen molar-refractivity contribution >= 4 is 28.1 Å². The molecular formula is C22H18N6OS2. The fourth-order valence-electron chi connectivity index (χ4n) is 3.29. The average molecular weight is 447 g/mol. The van der Waals surface area contributed by atoms with Crippen LogP contribution in [0.1, 0.15) is 17.0 Å². The van der Waals surface area contributed by atoms with Gasteiger partial charge in [-0.05, 0) is 38.1 Å². The molecule has 0 atom stereocenters. The van der Waals surface area contributed by atoms with E-state index in [1.165, 1.54) is 28.7 Å². The minimum Gasteiger partial charge on any atom is -0.270 e.